The fourth-order valence-electron chi connectivity index (χ4n) is 2.46. The topological polar surface area (TPSA) is 62.4 Å². The van der Waals surface area contributed by atoms with Crippen molar-refractivity contribution in [2.45, 2.75) is 51.6 Å². The Balaban J connectivity index is 1.96. The van der Waals surface area contributed by atoms with Gasteiger partial charge in [0.2, 0.25) is 11.8 Å². The molecule has 0 aromatic carbocycles. The maximum atomic E-state index is 9.12. The lowest BCUT2D eigenvalue weighted by Crippen LogP contribution is -2.35. The van der Waals surface area contributed by atoms with Gasteiger partial charge in [0.05, 0.1) is 13.2 Å². The van der Waals surface area contributed by atoms with E-state index in [9.17, 15) is 0 Å². The van der Waals surface area contributed by atoms with Gasteiger partial charge in [0.25, 0.3) is 0 Å². The van der Waals surface area contributed by atoms with Crippen LogP contribution < -0.4 is 0 Å². The minimum Gasteiger partial charge on any atom is -0.424 e. The number of aromatic nitrogens is 2. The summed E-state index contributed by atoms with van der Waals surface area (Å²) in [5.74, 6) is 1.36. The van der Waals surface area contributed by atoms with Gasteiger partial charge >= 0.3 is 0 Å². The maximum absolute atomic E-state index is 9.12. The van der Waals surface area contributed by atoms with E-state index in [2.05, 4.69) is 15.1 Å². The lowest BCUT2D eigenvalue weighted by Gasteiger charge is -2.26. The molecule has 1 saturated carbocycles. The minimum absolute atomic E-state index is 0.186. The molecule has 0 radical (unpaired) electrons. The van der Waals surface area contributed by atoms with Crippen LogP contribution in [0.3, 0.4) is 0 Å². The summed E-state index contributed by atoms with van der Waals surface area (Å²) in [4.78, 5) is 2.26. The van der Waals surface area contributed by atoms with Gasteiger partial charge in [-0.15, -0.1) is 10.2 Å². The third-order valence-electron chi connectivity index (χ3n) is 3.38. The molecular weight excluding hydrogens is 218 g/mol. The van der Waals surface area contributed by atoms with E-state index in [1.165, 1.54) is 25.7 Å². The maximum Gasteiger partial charge on any atom is 0.230 e. The van der Waals surface area contributed by atoms with Crippen LogP contribution in [-0.2, 0) is 13.0 Å². The Bertz CT molecular complexity index is 334. The van der Waals surface area contributed by atoms with E-state index in [0.29, 0.717) is 30.9 Å². The third kappa shape index (κ3) is 3.26. The second-order valence-electron chi connectivity index (χ2n) is 4.58. The van der Waals surface area contributed by atoms with Crippen molar-refractivity contribution in [3.8, 4) is 0 Å². The zero-order chi connectivity index (χ0) is 12.1. The number of hydrogen-bond donors (Lipinski definition) is 1. The Morgan fingerprint density at radius 2 is 2.00 bits per heavy atom. The van der Waals surface area contributed by atoms with Gasteiger partial charge in [-0.2, -0.15) is 0 Å². The Hall–Kier alpha value is -0.940. The molecule has 1 aromatic rings. The molecule has 0 saturated heterocycles. The number of aliphatic hydroxyl groups is 1. The van der Waals surface area contributed by atoms with Gasteiger partial charge in [-0.25, -0.2) is 0 Å². The summed E-state index contributed by atoms with van der Waals surface area (Å²) in [6.45, 7) is 3.54. The van der Waals surface area contributed by atoms with Crippen LogP contribution in [0.5, 0.6) is 0 Å². The van der Waals surface area contributed by atoms with Crippen LogP contribution in [0.25, 0.3) is 0 Å². The van der Waals surface area contributed by atoms with Gasteiger partial charge in [0, 0.05) is 19.0 Å². The van der Waals surface area contributed by atoms with Gasteiger partial charge in [-0.3, -0.25) is 4.90 Å². The van der Waals surface area contributed by atoms with Gasteiger partial charge in [-0.05, 0) is 12.8 Å². The predicted octanol–water partition coefficient (Wildman–Crippen LogP) is 1.37. The minimum atomic E-state index is 0.186. The number of nitrogens with zero attached hydrogens (tertiary/aromatic N) is 3. The number of rotatable bonds is 6. The SMILES string of the molecule is CCc1nnc(CN(CCO)C2CCCC2)o1. The Labute approximate surface area is 102 Å². The van der Waals surface area contributed by atoms with Crippen molar-refractivity contribution >= 4 is 0 Å². The van der Waals surface area contributed by atoms with E-state index in [4.69, 9.17) is 9.52 Å². The first-order valence-electron chi connectivity index (χ1n) is 6.49. The second kappa shape index (κ2) is 6.12. The monoisotopic (exact) mass is 239 g/mol. The van der Waals surface area contributed by atoms with Crippen LogP contribution in [0, 0.1) is 0 Å². The molecule has 5 nitrogen and oxygen atoms in total. The summed E-state index contributed by atoms with van der Waals surface area (Å²) in [6.07, 6.45) is 5.78. The van der Waals surface area contributed by atoms with E-state index < -0.39 is 0 Å². The Morgan fingerprint density at radius 3 is 2.59 bits per heavy atom. The van der Waals surface area contributed by atoms with Crippen LogP contribution in [0.4, 0.5) is 0 Å². The molecule has 17 heavy (non-hydrogen) atoms. The number of aryl methyl sites for hydroxylation is 1. The van der Waals surface area contributed by atoms with Gasteiger partial charge in [0.15, 0.2) is 0 Å². The molecule has 2 rings (SSSR count). The highest BCUT2D eigenvalue weighted by atomic mass is 16.4. The van der Waals surface area contributed by atoms with E-state index >= 15 is 0 Å². The highest BCUT2D eigenvalue weighted by Crippen LogP contribution is 2.24. The molecule has 96 valence electrons. The van der Waals surface area contributed by atoms with Gasteiger partial charge in [0.1, 0.15) is 0 Å². The summed E-state index contributed by atoms with van der Waals surface area (Å²) in [5.41, 5.74) is 0. The number of aliphatic hydroxyl groups excluding tert-OH is 1. The van der Waals surface area contributed by atoms with Crippen molar-refractivity contribution < 1.29 is 9.52 Å². The molecule has 1 fully saturated rings. The fourth-order valence-corrected chi connectivity index (χ4v) is 2.46. The summed E-state index contributed by atoms with van der Waals surface area (Å²) in [6, 6.07) is 0.569. The van der Waals surface area contributed by atoms with E-state index in [-0.39, 0.29) is 6.61 Å². The molecule has 1 heterocycles. The summed E-state index contributed by atoms with van der Waals surface area (Å²) in [5, 5.41) is 17.1. The summed E-state index contributed by atoms with van der Waals surface area (Å²) < 4.78 is 5.52. The van der Waals surface area contributed by atoms with Crippen LogP contribution in [0.2, 0.25) is 0 Å². The fraction of sp³-hybridized carbons (Fsp3) is 0.833. The highest BCUT2D eigenvalue weighted by Gasteiger charge is 2.23. The van der Waals surface area contributed by atoms with Crippen molar-refractivity contribution in [1.82, 2.24) is 15.1 Å². The number of hydrogen-bond acceptors (Lipinski definition) is 5. The van der Waals surface area contributed by atoms with Crippen molar-refractivity contribution in [3.63, 3.8) is 0 Å². The van der Waals surface area contributed by atoms with Crippen LogP contribution in [0.15, 0.2) is 4.42 Å². The molecule has 1 aliphatic rings. The largest absolute Gasteiger partial charge is 0.424 e. The standard InChI is InChI=1S/C12H21N3O2/c1-2-11-13-14-12(17-11)9-15(7-8-16)10-5-3-4-6-10/h10,16H,2-9H2,1H3. The van der Waals surface area contributed by atoms with E-state index in [0.717, 1.165) is 6.42 Å². The van der Waals surface area contributed by atoms with Crippen LogP contribution >= 0.6 is 0 Å². The normalized spacial score (nSPS) is 17.1. The smallest absolute Gasteiger partial charge is 0.230 e. The quantitative estimate of drug-likeness (QED) is 0.812. The molecule has 5 heteroatoms. The average Bonchev–Trinajstić information content (AvgIpc) is 2.99. The molecule has 1 aliphatic carbocycles. The van der Waals surface area contributed by atoms with E-state index in [1.54, 1.807) is 0 Å². The Morgan fingerprint density at radius 1 is 1.29 bits per heavy atom. The predicted molar refractivity (Wildman–Crippen MR) is 63.4 cm³/mol. The summed E-state index contributed by atoms with van der Waals surface area (Å²) in [7, 11) is 0. The summed E-state index contributed by atoms with van der Waals surface area (Å²) >= 11 is 0. The van der Waals surface area contributed by atoms with E-state index in [1.807, 2.05) is 6.92 Å². The van der Waals surface area contributed by atoms with Crippen LogP contribution in [-0.4, -0.2) is 39.4 Å². The van der Waals surface area contributed by atoms with Crippen LogP contribution in [0.1, 0.15) is 44.4 Å². The molecule has 1 N–H and O–H groups in total. The first-order valence-corrected chi connectivity index (χ1v) is 6.49. The highest BCUT2D eigenvalue weighted by molar-refractivity contribution is 4.85. The molecule has 1 aromatic heterocycles. The first kappa shape index (κ1) is 12.5. The molecule has 0 spiro atoms. The van der Waals surface area contributed by atoms with Gasteiger partial charge in [-0.1, -0.05) is 19.8 Å². The van der Waals surface area contributed by atoms with Crippen molar-refractivity contribution in [1.29, 1.82) is 0 Å². The zero-order valence-electron chi connectivity index (χ0n) is 10.4. The molecule has 0 amide bonds. The molecule has 0 bridgehead atoms. The molecular formula is C12H21N3O2. The van der Waals surface area contributed by atoms with Crippen molar-refractivity contribution in [3.05, 3.63) is 11.8 Å². The van der Waals surface area contributed by atoms with Crippen molar-refractivity contribution in [2.24, 2.45) is 0 Å². The first-order chi connectivity index (χ1) is 8.33. The Kier molecular flexibility index (Phi) is 4.50. The second-order valence-corrected chi connectivity index (χ2v) is 4.58. The van der Waals surface area contributed by atoms with Crippen molar-refractivity contribution in [2.75, 3.05) is 13.2 Å². The average molecular weight is 239 g/mol. The molecule has 0 aliphatic heterocycles. The third-order valence-corrected chi connectivity index (χ3v) is 3.38. The lowest BCUT2D eigenvalue weighted by molar-refractivity contribution is 0.133. The van der Waals surface area contributed by atoms with Gasteiger partial charge < -0.3 is 9.52 Å². The lowest BCUT2D eigenvalue weighted by atomic mass is 10.2. The molecule has 0 atom stereocenters. The zero-order valence-corrected chi connectivity index (χ0v) is 10.4. The molecule has 0 unspecified atom stereocenters.